The topological polar surface area (TPSA) is 99.3 Å². The van der Waals surface area contributed by atoms with Gasteiger partial charge in [0.1, 0.15) is 18.3 Å². The molecule has 0 heterocycles. The smallest absolute Gasteiger partial charge is 0.304 e. The Bertz CT molecular complexity index is 1060. The summed E-state index contributed by atoms with van der Waals surface area (Å²) in [5.74, 6) is -0.190. The van der Waals surface area contributed by atoms with Crippen LogP contribution in [0.5, 0.6) is 5.75 Å². The molecule has 9 nitrogen and oxygen atoms in total. The van der Waals surface area contributed by atoms with E-state index in [0.717, 1.165) is 20.6 Å². The van der Waals surface area contributed by atoms with E-state index in [2.05, 4.69) is 5.32 Å². The third-order valence-electron chi connectivity index (χ3n) is 5.27. The zero-order chi connectivity index (χ0) is 25.3. The third-order valence-corrected chi connectivity index (χ3v) is 7.09. The number of methoxy groups -OCH3 is 1. The Hall–Kier alpha value is -3.11. The first kappa shape index (κ1) is 27.1. The molecule has 1 unspecified atom stereocenters. The summed E-state index contributed by atoms with van der Waals surface area (Å²) in [5.41, 5.74) is 1.11. The molecule has 2 aromatic carbocycles. The number of carbonyl (C=O) groups excluding carboxylic acids is 2. The highest BCUT2D eigenvalue weighted by Crippen LogP contribution is 2.21. The molecule has 0 aliphatic heterocycles. The number of amides is 2. The number of rotatable bonds is 12. The fourth-order valence-corrected chi connectivity index (χ4v) is 4.31. The van der Waals surface area contributed by atoms with E-state index in [4.69, 9.17) is 4.74 Å². The number of hydrogen-bond acceptors (Lipinski definition) is 5. The van der Waals surface area contributed by atoms with Gasteiger partial charge >= 0.3 is 10.2 Å². The van der Waals surface area contributed by atoms with Gasteiger partial charge in [-0.1, -0.05) is 37.3 Å². The fraction of sp³-hybridized carbons (Fsp3) is 0.417. The van der Waals surface area contributed by atoms with Gasteiger partial charge < -0.3 is 15.0 Å². The van der Waals surface area contributed by atoms with E-state index in [1.165, 1.54) is 19.0 Å². The Kier molecular flexibility index (Phi) is 9.88. The summed E-state index contributed by atoms with van der Waals surface area (Å²) >= 11 is 0. The highest BCUT2D eigenvalue weighted by Gasteiger charge is 2.32. The zero-order valence-corrected chi connectivity index (χ0v) is 21.2. The van der Waals surface area contributed by atoms with Crippen molar-refractivity contribution in [3.05, 3.63) is 60.2 Å². The number of ether oxygens (including phenoxy) is 1. The second-order valence-corrected chi connectivity index (χ2v) is 10.0. The van der Waals surface area contributed by atoms with E-state index < -0.39 is 28.7 Å². The van der Waals surface area contributed by atoms with Crippen LogP contribution in [0.1, 0.15) is 25.8 Å². The molecule has 10 heteroatoms. The monoisotopic (exact) mass is 490 g/mol. The molecule has 0 aliphatic carbocycles. The number of anilines is 1. The van der Waals surface area contributed by atoms with Crippen molar-refractivity contribution in [1.82, 2.24) is 14.5 Å². The first-order valence-corrected chi connectivity index (χ1v) is 12.5. The van der Waals surface area contributed by atoms with Crippen molar-refractivity contribution in [2.75, 3.05) is 38.6 Å². The lowest BCUT2D eigenvalue weighted by molar-refractivity contribution is -0.139. The summed E-state index contributed by atoms with van der Waals surface area (Å²) in [4.78, 5) is 27.7. The van der Waals surface area contributed by atoms with Gasteiger partial charge in [-0.2, -0.15) is 12.7 Å². The second kappa shape index (κ2) is 12.4. The van der Waals surface area contributed by atoms with Crippen molar-refractivity contribution in [3.63, 3.8) is 0 Å². The first-order chi connectivity index (χ1) is 16.1. The first-order valence-electron chi connectivity index (χ1n) is 11.1. The predicted octanol–water partition coefficient (Wildman–Crippen LogP) is 2.25. The largest absolute Gasteiger partial charge is 0.497 e. The normalized spacial score (nSPS) is 12.2. The summed E-state index contributed by atoms with van der Waals surface area (Å²) in [7, 11) is 0.397. The van der Waals surface area contributed by atoms with Gasteiger partial charge in [0.15, 0.2) is 0 Å². The van der Waals surface area contributed by atoms with Gasteiger partial charge in [0.05, 0.1) is 12.8 Å². The molecule has 1 atom stereocenters. The molecule has 0 bridgehead atoms. The third kappa shape index (κ3) is 6.94. The van der Waals surface area contributed by atoms with Crippen LogP contribution in [0.25, 0.3) is 0 Å². The molecule has 0 aliphatic rings. The Morgan fingerprint density at radius 3 is 2.32 bits per heavy atom. The molecule has 0 radical (unpaired) electrons. The molecule has 1 N–H and O–H groups in total. The van der Waals surface area contributed by atoms with Crippen molar-refractivity contribution < 1.29 is 22.7 Å². The highest BCUT2D eigenvalue weighted by atomic mass is 32.2. The maximum absolute atomic E-state index is 13.6. The minimum atomic E-state index is -3.97. The van der Waals surface area contributed by atoms with Gasteiger partial charge in [-0.15, -0.1) is 0 Å². The van der Waals surface area contributed by atoms with Crippen molar-refractivity contribution in [2.45, 2.75) is 32.9 Å². The average molecular weight is 491 g/mol. The molecular weight excluding hydrogens is 456 g/mol. The number of nitrogens with one attached hydrogen (secondary N) is 1. The van der Waals surface area contributed by atoms with Crippen LogP contribution in [-0.2, 0) is 26.3 Å². The Morgan fingerprint density at radius 2 is 1.74 bits per heavy atom. The van der Waals surface area contributed by atoms with Crippen molar-refractivity contribution in [2.24, 2.45) is 0 Å². The lowest BCUT2D eigenvalue weighted by Crippen LogP contribution is -2.52. The zero-order valence-electron chi connectivity index (χ0n) is 20.4. The van der Waals surface area contributed by atoms with E-state index in [-0.39, 0.29) is 12.5 Å². The van der Waals surface area contributed by atoms with E-state index in [1.807, 2.05) is 13.0 Å². The van der Waals surface area contributed by atoms with Crippen LogP contribution < -0.4 is 14.4 Å². The number of benzene rings is 2. The lowest BCUT2D eigenvalue weighted by Gasteiger charge is -2.32. The van der Waals surface area contributed by atoms with E-state index >= 15 is 0 Å². The van der Waals surface area contributed by atoms with Crippen LogP contribution in [-0.4, -0.2) is 69.8 Å². The standard InChI is InChI=1S/C24H34N4O5S/c1-6-15-25-24(30)19(2)27(17-20-11-10-14-22(16-20)33-5)23(29)18-28(34(31,32)26(3)4)21-12-8-7-9-13-21/h7-14,16,19H,6,15,17-18H2,1-5H3,(H,25,30). The minimum absolute atomic E-state index is 0.112. The minimum Gasteiger partial charge on any atom is -0.497 e. The average Bonchev–Trinajstić information content (AvgIpc) is 2.84. The van der Waals surface area contributed by atoms with Gasteiger partial charge in [0, 0.05) is 27.2 Å². The van der Waals surface area contributed by atoms with Crippen LogP contribution in [0.2, 0.25) is 0 Å². The summed E-state index contributed by atoms with van der Waals surface area (Å²) < 4.78 is 33.5. The Balaban J connectivity index is 2.42. The fourth-order valence-electron chi connectivity index (χ4n) is 3.26. The highest BCUT2D eigenvalue weighted by molar-refractivity contribution is 7.90. The Morgan fingerprint density at radius 1 is 1.06 bits per heavy atom. The van der Waals surface area contributed by atoms with E-state index in [1.54, 1.807) is 62.6 Å². The van der Waals surface area contributed by atoms with E-state index in [0.29, 0.717) is 18.0 Å². The van der Waals surface area contributed by atoms with Crippen molar-refractivity contribution >= 4 is 27.7 Å². The van der Waals surface area contributed by atoms with Gasteiger partial charge in [0.2, 0.25) is 11.8 Å². The van der Waals surface area contributed by atoms with Crippen LogP contribution in [0, 0.1) is 0 Å². The van der Waals surface area contributed by atoms with Crippen LogP contribution >= 0.6 is 0 Å². The maximum atomic E-state index is 13.6. The van der Waals surface area contributed by atoms with Crippen LogP contribution in [0.15, 0.2) is 54.6 Å². The van der Waals surface area contributed by atoms with Crippen LogP contribution in [0.3, 0.4) is 0 Å². The molecule has 2 amide bonds. The van der Waals surface area contributed by atoms with Gasteiger partial charge in [-0.05, 0) is 43.2 Å². The quantitative estimate of drug-likeness (QED) is 0.492. The summed E-state index contributed by atoms with van der Waals surface area (Å²) in [5, 5.41) is 2.81. The molecule has 0 spiro atoms. The number of hydrogen-bond donors (Lipinski definition) is 1. The molecule has 2 aromatic rings. The summed E-state index contributed by atoms with van der Waals surface area (Å²) in [6, 6.07) is 14.8. The van der Waals surface area contributed by atoms with Gasteiger partial charge in [-0.25, -0.2) is 4.31 Å². The Labute approximate surface area is 202 Å². The SMILES string of the molecule is CCCNC(=O)C(C)N(Cc1cccc(OC)c1)C(=O)CN(c1ccccc1)S(=O)(=O)N(C)C. The van der Waals surface area contributed by atoms with Crippen molar-refractivity contribution in [1.29, 1.82) is 0 Å². The molecule has 0 aromatic heterocycles. The molecule has 34 heavy (non-hydrogen) atoms. The van der Waals surface area contributed by atoms with Gasteiger partial charge in [-0.3, -0.25) is 9.59 Å². The molecule has 0 saturated heterocycles. The molecule has 0 saturated carbocycles. The molecule has 2 rings (SSSR count). The number of para-hydroxylation sites is 1. The van der Waals surface area contributed by atoms with E-state index in [9.17, 15) is 18.0 Å². The lowest BCUT2D eigenvalue weighted by atomic mass is 10.1. The molecule has 186 valence electrons. The number of carbonyl (C=O) groups is 2. The molecule has 0 fully saturated rings. The molecular formula is C24H34N4O5S. The summed E-state index contributed by atoms with van der Waals surface area (Å²) in [6.07, 6.45) is 0.755. The van der Waals surface area contributed by atoms with Crippen molar-refractivity contribution in [3.8, 4) is 5.75 Å². The van der Waals surface area contributed by atoms with Crippen LogP contribution in [0.4, 0.5) is 5.69 Å². The number of nitrogens with zero attached hydrogens (tertiary/aromatic N) is 3. The second-order valence-electron chi connectivity index (χ2n) is 7.97. The van der Waals surface area contributed by atoms with Gasteiger partial charge in [0.25, 0.3) is 0 Å². The maximum Gasteiger partial charge on any atom is 0.304 e. The summed E-state index contributed by atoms with van der Waals surface area (Å²) in [6.45, 7) is 3.71. The predicted molar refractivity (Wildman–Crippen MR) is 133 cm³/mol.